The van der Waals surface area contributed by atoms with E-state index < -0.39 is 23.6 Å². The lowest BCUT2D eigenvalue weighted by molar-refractivity contribution is -0.137. The van der Waals surface area contributed by atoms with Crippen molar-refractivity contribution in [2.75, 3.05) is 52.4 Å². The van der Waals surface area contributed by atoms with Crippen LogP contribution in [0.15, 0.2) is 24.3 Å². The first-order valence-corrected chi connectivity index (χ1v) is 10.2. The van der Waals surface area contributed by atoms with Gasteiger partial charge in [-0.1, -0.05) is 6.07 Å². The summed E-state index contributed by atoms with van der Waals surface area (Å²) in [5.41, 5.74) is -1.09. The highest BCUT2D eigenvalue weighted by Gasteiger charge is 2.31. The van der Waals surface area contributed by atoms with E-state index in [1.165, 1.54) is 6.07 Å². The van der Waals surface area contributed by atoms with Crippen molar-refractivity contribution in [2.24, 2.45) is 0 Å². The Morgan fingerprint density at radius 2 is 1.87 bits per heavy atom. The minimum atomic E-state index is -4.55. The van der Waals surface area contributed by atoms with Crippen LogP contribution in [0.3, 0.4) is 0 Å². The molecule has 0 radical (unpaired) electrons. The van der Waals surface area contributed by atoms with Crippen molar-refractivity contribution in [1.82, 2.24) is 25.8 Å². The van der Waals surface area contributed by atoms with E-state index in [9.17, 15) is 27.6 Å². The molecule has 1 atom stereocenters. The van der Waals surface area contributed by atoms with Crippen molar-refractivity contribution in [2.45, 2.75) is 18.6 Å². The van der Waals surface area contributed by atoms with E-state index in [2.05, 4.69) is 16.0 Å². The molecule has 0 aliphatic carbocycles. The Morgan fingerprint density at radius 1 is 1.13 bits per heavy atom. The maximum atomic E-state index is 12.8. The molecule has 11 heteroatoms. The molecule has 0 spiro atoms. The fourth-order valence-corrected chi connectivity index (χ4v) is 3.68. The number of alkyl halides is 3. The van der Waals surface area contributed by atoms with E-state index in [0.29, 0.717) is 39.1 Å². The number of carbonyl (C=O) groups is 3. The molecule has 2 aliphatic heterocycles. The summed E-state index contributed by atoms with van der Waals surface area (Å²) in [6, 6.07) is 3.88. The Kier molecular flexibility index (Phi) is 7.50. The number of carbonyl (C=O) groups excluding carboxylic acids is 3. The lowest BCUT2D eigenvalue weighted by Gasteiger charge is -2.29. The molecule has 0 aromatic heterocycles. The van der Waals surface area contributed by atoms with E-state index in [1.54, 1.807) is 0 Å². The average Bonchev–Trinajstić information content (AvgIpc) is 3.18. The van der Waals surface area contributed by atoms with Gasteiger partial charge in [-0.3, -0.25) is 19.3 Å². The van der Waals surface area contributed by atoms with Gasteiger partial charge >= 0.3 is 6.18 Å². The molecular formula is C20H26F3N5O3. The maximum Gasteiger partial charge on any atom is 0.416 e. The van der Waals surface area contributed by atoms with Gasteiger partial charge in [0, 0.05) is 50.9 Å². The number of likely N-dealkylation sites (tertiary alicyclic amines) is 1. The molecule has 1 aromatic rings. The van der Waals surface area contributed by atoms with Crippen molar-refractivity contribution in [3.8, 4) is 0 Å². The second-order valence-corrected chi connectivity index (χ2v) is 7.68. The molecule has 2 saturated heterocycles. The van der Waals surface area contributed by atoms with Gasteiger partial charge in [0.2, 0.25) is 11.8 Å². The normalized spacial score (nSPS) is 19.8. The Hall–Kier alpha value is -2.66. The van der Waals surface area contributed by atoms with Crippen LogP contribution in [0.5, 0.6) is 0 Å². The molecule has 1 aromatic carbocycles. The van der Waals surface area contributed by atoms with Crippen LogP contribution in [-0.4, -0.2) is 85.9 Å². The highest BCUT2D eigenvalue weighted by Crippen LogP contribution is 2.29. The second kappa shape index (κ2) is 10.1. The lowest BCUT2D eigenvalue weighted by atomic mass is 10.1. The molecule has 0 bridgehead atoms. The van der Waals surface area contributed by atoms with E-state index in [4.69, 9.17) is 0 Å². The summed E-state index contributed by atoms with van der Waals surface area (Å²) in [6.07, 6.45) is -3.86. The van der Waals surface area contributed by atoms with Gasteiger partial charge in [0.05, 0.1) is 18.7 Å². The summed E-state index contributed by atoms with van der Waals surface area (Å²) in [7, 11) is 0. The van der Waals surface area contributed by atoms with Gasteiger partial charge in [0.1, 0.15) is 0 Å². The van der Waals surface area contributed by atoms with E-state index in [1.807, 2.05) is 9.80 Å². The summed E-state index contributed by atoms with van der Waals surface area (Å²) >= 11 is 0. The molecule has 2 fully saturated rings. The number of amides is 3. The molecule has 3 amide bonds. The Labute approximate surface area is 178 Å². The van der Waals surface area contributed by atoms with Crippen molar-refractivity contribution < 1.29 is 27.6 Å². The van der Waals surface area contributed by atoms with Crippen molar-refractivity contribution in [1.29, 1.82) is 0 Å². The second-order valence-electron chi connectivity index (χ2n) is 7.68. The molecule has 170 valence electrons. The summed E-state index contributed by atoms with van der Waals surface area (Å²) in [5, 5.41) is 8.33. The lowest BCUT2D eigenvalue weighted by Crippen LogP contribution is -2.49. The van der Waals surface area contributed by atoms with Crippen LogP contribution in [0, 0.1) is 0 Å². The number of hydrogen-bond acceptors (Lipinski definition) is 5. The minimum Gasteiger partial charge on any atom is -0.350 e. The number of piperazine rings is 1. The van der Waals surface area contributed by atoms with Gasteiger partial charge in [-0.05, 0) is 24.6 Å². The number of halogens is 3. The van der Waals surface area contributed by atoms with Crippen LogP contribution >= 0.6 is 0 Å². The highest BCUT2D eigenvalue weighted by atomic mass is 19.4. The molecule has 3 N–H and O–H groups in total. The van der Waals surface area contributed by atoms with E-state index in [-0.39, 0.29) is 24.1 Å². The van der Waals surface area contributed by atoms with Crippen LogP contribution < -0.4 is 16.0 Å². The maximum absolute atomic E-state index is 12.8. The SMILES string of the molecule is O=C(CNC(=O)c1cccc(C(F)(F)F)c1)N[C@@H]1CCN(CC(=O)N2CCNCC2)C1. The van der Waals surface area contributed by atoms with Crippen molar-refractivity contribution >= 4 is 17.7 Å². The first kappa shape index (κ1) is 23.0. The van der Waals surface area contributed by atoms with Gasteiger partial charge in [0.15, 0.2) is 0 Å². The van der Waals surface area contributed by atoms with E-state index >= 15 is 0 Å². The van der Waals surface area contributed by atoms with Crippen LogP contribution in [0.4, 0.5) is 13.2 Å². The zero-order valence-electron chi connectivity index (χ0n) is 17.0. The average molecular weight is 441 g/mol. The number of benzene rings is 1. The number of rotatable bonds is 6. The first-order valence-electron chi connectivity index (χ1n) is 10.2. The zero-order chi connectivity index (χ0) is 22.4. The molecule has 2 aliphatic rings. The summed E-state index contributed by atoms with van der Waals surface area (Å²) in [6.45, 7) is 4.14. The predicted molar refractivity (Wildman–Crippen MR) is 106 cm³/mol. The van der Waals surface area contributed by atoms with Gasteiger partial charge in [-0.25, -0.2) is 0 Å². The molecule has 2 heterocycles. The monoisotopic (exact) mass is 441 g/mol. The summed E-state index contributed by atoms with van der Waals surface area (Å²) < 4.78 is 38.3. The zero-order valence-corrected chi connectivity index (χ0v) is 17.0. The molecule has 8 nitrogen and oxygen atoms in total. The third kappa shape index (κ3) is 6.66. The van der Waals surface area contributed by atoms with Gasteiger partial charge in [-0.2, -0.15) is 13.2 Å². The molecule has 31 heavy (non-hydrogen) atoms. The molecule has 0 saturated carbocycles. The highest BCUT2D eigenvalue weighted by molar-refractivity contribution is 5.96. The largest absolute Gasteiger partial charge is 0.416 e. The van der Waals surface area contributed by atoms with Crippen molar-refractivity contribution in [3.63, 3.8) is 0 Å². The quantitative estimate of drug-likeness (QED) is 0.581. The number of nitrogens with one attached hydrogen (secondary N) is 3. The fourth-order valence-electron chi connectivity index (χ4n) is 3.68. The van der Waals surface area contributed by atoms with E-state index in [0.717, 1.165) is 31.3 Å². The minimum absolute atomic E-state index is 0.0711. The number of hydrogen-bond donors (Lipinski definition) is 3. The van der Waals surface area contributed by atoms with Crippen LogP contribution in [0.1, 0.15) is 22.3 Å². The third-order valence-electron chi connectivity index (χ3n) is 5.33. The first-order chi connectivity index (χ1) is 14.7. The summed E-state index contributed by atoms with van der Waals surface area (Å²) in [5.74, 6) is -1.11. The van der Waals surface area contributed by atoms with Gasteiger partial charge in [0.25, 0.3) is 5.91 Å². The molecule has 0 unspecified atom stereocenters. The topological polar surface area (TPSA) is 93.8 Å². The Morgan fingerprint density at radius 3 is 2.58 bits per heavy atom. The Bertz CT molecular complexity index is 811. The fraction of sp³-hybridized carbons (Fsp3) is 0.550. The smallest absolute Gasteiger partial charge is 0.350 e. The van der Waals surface area contributed by atoms with Gasteiger partial charge in [-0.15, -0.1) is 0 Å². The third-order valence-corrected chi connectivity index (χ3v) is 5.33. The molecule has 3 rings (SSSR count). The number of nitrogens with zero attached hydrogens (tertiary/aromatic N) is 2. The van der Waals surface area contributed by atoms with Crippen LogP contribution in [0.25, 0.3) is 0 Å². The standard InChI is InChI=1S/C20H26F3N5O3/c21-20(22,23)15-3-1-2-14(10-15)19(31)25-11-17(29)26-16-4-7-27(12-16)13-18(30)28-8-5-24-6-9-28/h1-3,10,16,24H,4-9,11-13H2,(H,25,31)(H,26,29)/t16-/m1/s1. The molecular weight excluding hydrogens is 415 g/mol. The predicted octanol–water partition coefficient (Wildman–Crippen LogP) is 0.0575. The van der Waals surface area contributed by atoms with Crippen LogP contribution in [0.2, 0.25) is 0 Å². The van der Waals surface area contributed by atoms with Crippen LogP contribution in [-0.2, 0) is 15.8 Å². The van der Waals surface area contributed by atoms with Crippen molar-refractivity contribution in [3.05, 3.63) is 35.4 Å². The van der Waals surface area contributed by atoms with Gasteiger partial charge < -0.3 is 20.9 Å². The Balaban J connectivity index is 1.40. The summed E-state index contributed by atoms with van der Waals surface area (Å²) in [4.78, 5) is 40.3.